The predicted molar refractivity (Wildman–Crippen MR) is 158 cm³/mol. The number of carbonyl (C=O) groups is 1. The number of carbonyl (C=O) groups excluding carboxylic acids is 1. The number of hydrogen-bond acceptors (Lipinski definition) is 8. The Morgan fingerprint density at radius 2 is 1.86 bits per heavy atom. The summed E-state index contributed by atoms with van der Waals surface area (Å²) < 4.78 is 56.2. The molecule has 1 fully saturated rings. The lowest BCUT2D eigenvalue weighted by Crippen LogP contribution is -2.21. The van der Waals surface area contributed by atoms with E-state index in [1.165, 1.54) is 36.9 Å². The molecule has 5 heterocycles. The van der Waals surface area contributed by atoms with Crippen LogP contribution in [0.1, 0.15) is 18.4 Å². The largest absolute Gasteiger partial charge is 0.324 e. The molecule has 15 heteroatoms. The number of anilines is 1. The minimum atomic E-state index is -3.49. The first-order chi connectivity index (χ1) is 21.1. The standard InChI is InChI=1S/C29H23F2N9O3S/c1-44(42,43)35-10-14-6-16(8-18(30)7-14)20-4-5-33-27-24(20)37-28(38-27)25-22-23(31)21(13-34-26(22)40-39-25)17-9-19(12-32-11-17)36-29(41)15-2-3-15/h4-9,11-13,15,35H,2-3,10H2,1H3,(H,36,41)(H,33,37,38)(H,34,39,40). The first-order valence-corrected chi connectivity index (χ1v) is 15.4. The molecule has 1 aromatic carbocycles. The maximum atomic E-state index is 16.1. The van der Waals surface area contributed by atoms with E-state index in [4.69, 9.17) is 0 Å². The molecule has 7 rings (SSSR count). The Labute approximate surface area is 248 Å². The number of halogens is 2. The van der Waals surface area contributed by atoms with Gasteiger partial charge in [-0.15, -0.1) is 0 Å². The van der Waals surface area contributed by atoms with E-state index < -0.39 is 21.7 Å². The van der Waals surface area contributed by atoms with Crippen molar-refractivity contribution in [1.29, 1.82) is 0 Å². The van der Waals surface area contributed by atoms with Crippen LogP contribution in [-0.2, 0) is 21.4 Å². The van der Waals surface area contributed by atoms with E-state index in [1.54, 1.807) is 18.2 Å². The number of imidazole rings is 1. The summed E-state index contributed by atoms with van der Waals surface area (Å²) in [7, 11) is -3.49. The van der Waals surface area contributed by atoms with Crippen LogP contribution < -0.4 is 10.0 Å². The van der Waals surface area contributed by atoms with Gasteiger partial charge < -0.3 is 10.3 Å². The number of aromatic amines is 2. The third kappa shape index (κ3) is 5.38. The molecule has 0 spiro atoms. The van der Waals surface area contributed by atoms with Gasteiger partial charge in [-0.2, -0.15) is 5.10 Å². The molecule has 0 saturated heterocycles. The maximum Gasteiger partial charge on any atom is 0.227 e. The highest BCUT2D eigenvalue weighted by Crippen LogP contribution is 2.35. The van der Waals surface area contributed by atoms with E-state index in [9.17, 15) is 17.6 Å². The first kappa shape index (κ1) is 27.7. The molecule has 4 N–H and O–H groups in total. The monoisotopic (exact) mass is 615 g/mol. The Morgan fingerprint density at radius 1 is 1.02 bits per heavy atom. The van der Waals surface area contributed by atoms with Crippen molar-refractivity contribution in [3.63, 3.8) is 0 Å². The topological polar surface area (TPSA) is 171 Å². The van der Waals surface area contributed by atoms with E-state index in [1.807, 2.05) is 0 Å². The van der Waals surface area contributed by atoms with Crippen molar-refractivity contribution in [2.75, 3.05) is 11.6 Å². The maximum absolute atomic E-state index is 16.1. The van der Waals surface area contributed by atoms with E-state index in [0.29, 0.717) is 39.1 Å². The van der Waals surface area contributed by atoms with Crippen LogP contribution in [0.2, 0.25) is 0 Å². The Balaban J connectivity index is 1.27. The van der Waals surface area contributed by atoms with Crippen LogP contribution in [0.5, 0.6) is 0 Å². The van der Waals surface area contributed by atoms with Crippen molar-refractivity contribution in [2.45, 2.75) is 19.4 Å². The second-order valence-electron chi connectivity index (χ2n) is 10.6. The molecule has 0 unspecified atom stereocenters. The van der Waals surface area contributed by atoms with Crippen molar-refractivity contribution in [3.05, 3.63) is 72.3 Å². The quantitative estimate of drug-likeness (QED) is 0.196. The molecule has 44 heavy (non-hydrogen) atoms. The SMILES string of the molecule is CS(=O)(=O)NCc1cc(F)cc(-c2ccnc3[nH]c(-c4n[nH]c5ncc(-c6cncc(NC(=O)C7CC7)c6)c(F)c45)nc23)c1. The highest BCUT2D eigenvalue weighted by atomic mass is 32.2. The molecule has 1 aliphatic carbocycles. The summed E-state index contributed by atoms with van der Waals surface area (Å²) in [4.78, 5) is 32.8. The van der Waals surface area contributed by atoms with Gasteiger partial charge in [-0.3, -0.25) is 14.9 Å². The van der Waals surface area contributed by atoms with E-state index >= 15 is 4.39 Å². The fourth-order valence-corrected chi connectivity index (χ4v) is 5.38. The Kier molecular flexibility index (Phi) is 6.62. The van der Waals surface area contributed by atoms with Crippen LogP contribution in [-0.4, -0.2) is 55.7 Å². The van der Waals surface area contributed by atoms with Crippen molar-refractivity contribution >= 4 is 43.8 Å². The molecule has 6 aromatic rings. The van der Waals surface area contributed by atoms with Gasteiger partial charge in [0.2, 0.25) is 15.9 Å². The van der Waals surface area contributed by atoms with Crippen LogP contribution in [0.15, 0.2) is 55.1 Å². The summed E-state index contributed by atoms with van der Waals surface area (Å²) in [6.45, 7) is -0.0944. The number of pyridine rings is 3. The summed E-state index contributed by atoms with van der Waals surface area (Å²) >= 11 is 0. The third-order valence-electron chi connectivity index (χ3n) is 7.21. The van der Waals surface area contributed by atoms with E-state index in [2.05, 4.69) is 45.2 Å². The van der Waals surface area contributed by atoms with Gasteiger partial charge >= 0.3 is 0 Å². The van der Waals surface area contributed by atoms with Crippen LogP contribution in [0.3, 0.4) is 0 Å². The highest BCUT2D eigenvalue weighted by Gasteiger charge is 2.30. The first-order valence-electron chi connectivity index (χ1n) is 13.5. The smallest absolute Gasteiger partial charge is 0.227 e. The zero-order chi connectivity index (χ0) is 30.6. The van der Waals surface area contributed by atoms with Gasteiger partial charge in [0.1, 0.15) is 22.8 Å². The second kappa shape index (κ2) is 10.5. The van der Waals surface area contributed by atoms with Gasteiger partial charge in [-0.25, -0.2) is 36.9 Å². The summed E-state index contributed by atoms with van der Waals surface area (Å²) in [6, 6.07) is 7.49. The molecular weight excluding hydrogens is 592 g/mol. The van der Waals surface area contributed by atoms with Crippen LogP contribution in [0.25, 0.3) is 56.0 Å². The van der Waals surface area contributed by atoms with E-state index in [-0.39, 0.29) is 46.5 Å². The lowest BCUT2D eigenvalue weighted by molar-refractivity contribution is -0.117. The number of rotatable bonds is 8. The molecule has 0 bridgehead atoms. The van der Waals surface area contributed by atoms with Gasteiger partial charge in [0.05, 0.1) is 23.5 Å². The second-order valence-corrected chi connectivity index (χ2v) is 12.4. The van der Waals surface area contributed by atoms with Crippen molar-refractivity contribution in [3.8, 4) is 33.8 Å². The van der Waals surface area contributed by atoms with Gasteiger partial charge in [0, 0.05) is 47.7 Å². The van der Waals surface area contributed by atoms with Crippen LogP contribution in [0.4, 0.5) is 14.5 Å². The van der Waals surface area contributed by atoms with Crippen molar-refractivity contribution < 1.29 is 22.0 Å². The fraction of sp³-hybridized carbons (Fsp3) is 0.172. The number of aromatic nitrogens is 7. The molecule has 222 valence electrons. The number of amides is 1. The Bertz CT molecular complexity index is 2210. The molecule has 1 amide bonds. The number of H-pyrrole nitrogens is 2. The van der Waals surface area contributed by atoms with Crippen LogP contribution >= 0.6 is 0 Å². The van der Waals surface area contributed by atoms with Gasteiger partial charge in [-0.1, -0.05) is 0 Å². The average Bonchev–Trinajstić information content (AvgIpc) is 3.60. The van der Waals surface area contributed by atoms with E-state index in [0.717, 1.165) is 19.1 Å². The molecule has 12 nitrogen and oxygen atoms in total. The molecule has 5 aromatic heterocycles. The summed E-state index contributed by atoms with van der Waals surface area (Å²) in [5, 5.41) is 9.90. The van der Waals surface area contributed by atoms with Gasteiger partial charge in [0.15, 0.2) is 17.1 Å². The minimum Gasteiger partial charge on any atom is -0.324 e. The third-order valence-corrected chi connectivity index (χ3v) is 7.88. The number of sulfonamides is 1. The van der Waals surface area contributed by atoms with Crippen LogP contribution in [0, 0.1) is 17.6 Å². The normalized spacial score (nSPS) is 13.5. The minimum absolute atomic E-state index is 0.000522. The molecule has 0 atom stereocenters. The number of hydrogen-bond donors (Lipinski definition) is 4. The van der Waals surface area contributed by atoms with Gasteiger partial charge in [0.25, 0.3) is 0 Å². The Hall–Kier alpha value is -5.15. The number of fused-ring (bicyclic) bond motifs is 2. The van der Waals surface area contributed by atoms with Gasteiger partial charge in [-0.05, 0) is 54.3 Å². The fourth-order valence-electron chi connectivity index (χ4n) is 4.95. The predicted octanol–water partition coefficient (Wildman–Crippen LogP) is 4.30. The zero-order valence-corrected chi connectivity index (χ0v) is 23.8. The lowest BCUT2D eigenvalue weighted by atomic mass is 10.0. The summed E-state index contributed by atoms with van der Waals surface area (Å²) in [6.07, 6.45) is 8.58. The highest BCUT2D eigenvalue weighted by molar-refractivity contribution is 7.88. The molecule has 0 radical (unpaired) electrons. The Morgan fingerprint density at radius 3 is 2.66 bits per heavy atom. The van der Waals surface area contributed by atoms with Crippen molar-refractivity contribution in [2.24, 2.45) is 5.92 Å². The number of benzene rings is 1. The average molecular weight is 616 g/mol. The number of nitrogens with one attached hydrogen (secondary N) is 4. The molecule has 1 aliphatic rings. The summed E-state index contributed by atoms with van der Waals surface area (Å²) in [5.74, 6) is -1.07. The summed E-state index contributed by atoms with van der Waals surface area (Å²) in [5.41, 5.74) is 3.47. The lowest BCUT2D eigenvalue weighted by Gasteiger charge is -2.08. The zero-order valence-electron chi connectivity index (χ0n) is 23.0. The molecule has 1 saturated carbocycles. The molecule has 0 aliphatic heterocycles. The van der Waals surface area contributed by atoms with Crippen molar-refractivity contribution in [1.82, 2.24) is 39.8 Å². The number of nitrogens with zero attached hydrogens (tertiary/aromatic N) is 5. The molecular formula is C29H23F2N9O3S.